The molecule has 0 heterocycles. The number of hydrogen-bond donors (Lipinski definition) is 1. The maximum absolute atomic E-state index is 11.7. The van der Waals surface area contributed by atoms with Crippen LogP contribution in [0.15, 0.2) is 27.6 Å². The minimum Gasteiger partial charge on any atom is -0.478 e. The summed E-state index contributed by atoms with van der Waals surface area (Å²) in [4.78, 5) is 11.2. The van der Waals surface area contributed by atoms with Crippen LogP contribution in [0, 0.1) is 11.3 Å². The summed E-state index contributed by atoms with van der Waals surface area (Å²) >= 11 is 3.09. The number of benzene rings is 1. The molecule has 0 spiro atoms. The maximum Gasteiger partial charge on any atom is 0.336 e. The monoisotopic (exact) mass is 301 g/mol. The number of aromatic carboxylic acids is 1. The molecule has 84 valence electrons. The molecule has 0 aromatic heterocycles. The minimum absolute atomic E-state index is 0.0380. The molecule has 0 saturated heterocycles. The fourth-order valence-corrected chi connectivity index (χ4v) is 2.40. The number of rotatable bonds is 3. The zero-order chi connectivity index (χ0) is 12.3. The third-order valence-electron chi connectivity index (χ3n) is 1.90. The Balaban J connectivity index is 3.19. The molecule has 0 radical (unpaired) electrons. The highest BCUT2D eigenvalue weighted by molar-refractivity contribution is 9.10. The van der Waals surface area contributed by atoms with Crippen molar-refractivity contribution in [2.75, 3.05) is 0 Å². The lowest BCUT2D eigenvalue weighted by Crippen LogP contribution is -2.09. The molecular weight excluding hydrogens is 294 g/mol. The molecule has 1 rings (SSSR count). The Morgan fingerprint density at radius 1 is 1.62 bits per heavy atom. The van der Waals surface area contributed by atoms with Crippen LogP contribution in [0.1, 0.15) is 17.3 Å². The van der Waals surface area contributed by atoms with E-state index in [-0.39, 0.29) is 5.56 Å². The molecule has 0 bridgehead atoms. The van der Waals surface area contributed by atoms with E-state index >= 15 is 0 Å². The molecule has 0 aliphatic rings. The summed E-state index contributed by atoms with van der Waals surface area (Å²) < 4.78 is 12.2. The standard InChI is InChI=1S/C10H8BrNO3S/c1-6(5-12)16(15)7-2-3-9(11)8(4-7)10(13)14/h2-4,6H,1H3,(H,13,14). The van der Waals surface area contributed by atoms with Crippen LogP contribution in [0.4, 0.5) is 0 Å². The van der Waals surface area contributed by atoms with Crippen molar-refractivity contribution in [3.05, 3.63) is 28.2 Å². The highest BCUT2D eigenvalue weighted by Gasteiger charge is 2.16. The molecule has 0 aliphatic heterocycles. The van der Waals surface area contributed by atoms with Gasteiger partial charge in [0.1, 0.15) is 5.25 Å². The number of carboxylic acid groups (broad SMARTS) is 1. The average Bonchev–Trinajstić information content (AvgIpc) is 2.27. The molecule has 2 atom stereocenters. The van der Waals surface area contributed by atoms with Gasteiger partial charge in [-0.15, -0.1) is 0 Å². The number of nitrogens with zero attached hydrogens (tertiary/aromatic N) is 1. The van der Waals surface area contributed by atoms with E-state index in [2.05, 4.69) is 15.9 Å². The third-order valence-corrected chi connectivity index (χ3v) is 4.06. The molecule has 2 unspecified atom stereocenters. The van der Waals surface area contributed by atoms with Crippen molar-refractivity contribution < 1.29 is 14.1 Å². The second-order valence-corrected chi connectivity index (χ2v) is 5.64. The van der Waals surface area contributed by atoms with Gasteiger partial charge in [0.15, 0.2) is 0 Å². The summed E-state index contributed by atoms with van der Waals surface area (Å²) in [5.74, 6) is -1.10. The second kappa shape index (κ2) is 5.23. The van der Waals surface area contributed by atoms with Gasteiger partial charge in [0.25, 0.3) is 0 Å². The summed E-state index contributed by atoms with van der Waals surface area (Å²) in [5, 5.41) is 16.8. The number of carbonyl (C=O) groups is 1. The summed E-state index contributed by atoms with van der Waals surface area (Å²) in [6.45, 7) is 1.53. The van der Waals surface area contributed by atoms with Crippen LogP contribution in [-0.4, -0.2) is 20.5 Å². The number of halogens is 1. The van der Waals surface area contributed by atoms with Gasteiger partial charge >= 0.3 is 5.97 Å². The van der Waals surface area contributed by atoms with Crippen LogP contribution in [-0.2, 0) is 10.8 Å². The average molecular weight is 302 g/mol. The lowest BCUT2D eigenvalue weighted by Gasteiger charge is -2.05. The van der Waals surface area contributed by atoms with Gasteiger partial charge in [0.05, 0.1) is 22.4 Å². The van der Waals surface area contributed by atoms with Crippen LogP contribution < -0.4 is 0 Å². The lowest BCUT2D eigenvalue weighted by atomic mass is 10.2. The van der Waals surface area contributed by atoms with E-state index < -0.39 is 22.0 Å². The van der Waals surface area contributed by atoms with Crippen molar-refractivity contribution in [2.45, 2.75) is 17.1 Å². The van der Waals surface area contributed by atoms with Gasteiger partial charge in [-0.05, 0) is 41.1 Å². The SMILES string of the molecule is CC(C#N)S(=O)c1ccc(Br)c(C(=O)O)c1. The molecule has 0 saturated carbocycles. The molecule has 1 aromatic rings. The van der Waals surface area contributed by atoms with Crippen molar-refractivity contribution >= 4 is 32.7 Å². The third kappa shape index (κ3) is 2.68. The van der Waals surface area contributed by atoms with Gasteiger partial charge in [-0.3, -0.25) is 4.21 Å². The fourth-order valence-electron chi connectivity index (χ4n) is 1.05. The smallest absolute Gasteiger partial charge is 0.336 e. The normalized spacial score (nSPS) is 13.8. The predicted molar refractivity (Wildman–Crippen MR) is 62.6 cm³/mol. The summed E-state index contributed by atoms with van der Waals surface area (Å²) in [5.41, 5.74) is 0.0380. The van der Waals surface area contributed by atoms with Crippen molar-refractivity contribution in [3.8, 4) is 6.07 Å². The Labute approximate surface area is 103 Å². The van der Waals surface area contributed by atoms with Gasteiger partial charge < -0.3 is 5.11 Å². The van der Waals surface area contributed by atoms with E-state index in [1.807, 2.05) is 6.07 Å². The summed E-state index contributed by atoms with van der Waals surface area (Å²) in [6.07, 6.45) is 0. The van der Waals surface area contributed by atoms with Crippen molar-refractivity contribution in [1.29, 1.82) is 5.26 Å². The Morgan fingerprint density at radius 3 is 2.75 bits per heavy atom. The van der Waals surface area contributed by atoms with E-state index in [4.69, 9.17) is 10.4 Å². The van der Waals surface area contributed by atoms with Gasteiger partial charge in [-0.2, -0.15) is 5.26 Å². The first kappa shape index (κ1) is 12.9. The van der Waals surface area contributed by atoms with Crippen molar-refractivity contribution in [1.82, 2.24) is 0 Å². The predicted octanol–water partition coefficient (Wildman–Crippen LogP) is 2.17. The van der Waals surface area contributed by atoms with Crippen molar-refractivity contribution in [2.24, 2.45) is 0 Å². The van der Waals surface area contributed by atoms with Crippen molar-refractivity contribution in [3.63, 3.8) is 0 Å². The molecule has 0 amide bonds. The Morgan fingerprint density at radius 2 is 2.25 bits per heavy atom. The topological polar surface area (TPSA) is 78.2 Å². The number of nitriles is 1. The molecule has 16 heavy (non-hydrogen) atoms. The molecule has 1 N–H and O–H groups in total. The molecule has 6 heteroatoms. The first-order valence-corrected chi connectivity index (χ1v) is 6.31. The molecule has 0 aliphatic carbocycles. The van der Waals surface area contributed by atoms with Gasteiger partial charge in [0.2, 0.25) is 0 Å². The minimum atomic E-state index is -1.51. The molecular formula is C10H8BrNO3S. The summed E-state index contributed by atoms with van der Waals surface area (Å²) in [6, 6.07) is 6.24. The Hall–Kier alpha value is -1.19. The summed E-state index contributed by atoms with van der Waals surface area (Å²) in [7, 11) is -1.51. The van der Waals surface area contributed by atoms with Crippen LogP contribution >= 0.6 is 15.9 Å². The zero-order valence-electron chi connectivity index (χ0n) is 8.31. The molecule has 0 fully saturated rings. The van der Waals surface area contributed by atoms with Crippen LogP contribution in [0.2, 0.25) is 0 Å². The Kier molecular flexibility index (Phi) is 4.21. The van der Waals surface area contributed by atoms with E-state index in [1.54, 1.807) is 6.07 Å². The number of hydrogen-bond acceptors (Lipinski definition) is 3. The zero-order valence-corrected chi connectivity index (χ0v) is 10.7. The Bertz CT molecular complexity index is 495. The highest BCUT2D eigenvalue weighted by atomic mass is 79.9. The maximum atomic E-state index is 11.7. The first-order chi connectivity index (χ1) is 7.47. The molecule has 1 aromatic carbocycles. The van der Waals surface area contributed by atoms with E-state index in [1.165, 1.54) is 19.1 Å². The lowest BCUT2D eigenvalue weighted by molar-refractivity contribution is 0.0695. The fraction of sp³-hybridized carbons (Fsp3) is 0.200. The van der Waals surface area contributed by atoms with E-state index in [0.717, 1.165) is 0 Å². The van der Waals surface area contributed by atoms with Gasteiger partial charge in [0, 0.05) is 9.37 Å². The van der Waals surface area contributed by atoms with Gasteiger partial charge in [-0.1, -0.05) is 0 Å². The second-order valence-electron chi connectivity index (χ2n) is 3.02. The highest BCUT2D eigenvalue weighted by Crippen LogP contribution is 2.21. The quantitative estimate of drug-likeness (QED) is 0.928. The van der Waals surface area contributed by atoms with Crippen LogP contribution in [0.3, 0.4) is 0 Å². The first-order valence-electron chi connectivity index (χ1n) is 4.30. The van der Waals surface area contributed by atoms with Crippen LogP contribution in [0.25, 0.3) is 0 Å². The van der Waals surface area contributed by atoms with Gasteiger partial charge in [-0.25, -0.2) is 4.79 Å². The number of carboxylic acids is 1. The largest absolute Gasteiger partial charge is 0.478 e. The van der Waals surface area contributed by atoms with E-state index in [9.17, 15) is 9.00 Å². The van der Waals surface area contributed by atoms with E-state index in [0.29, 0.717) is 9.37 Å². The molecule has 4 nitrogen and oxygen atoms in total. The van der Waals surface area contributed by atoms with Crippen LogP contribution in [0.5, 0.6) is 0 Å².